The first-order chi connectivity index (χ1) is 30.1. The van der Waals surface area contributed by atoms with Gasteiger partial charge in [0.25, 0.3) is 0 Å². The highest BCUT2D eigenvalue weighted by Gasteiger charge is 2.52. The zero-order valence-electron chi connectivity index (χ0n) is 30.7. The molecule has 0 N–H and O–H groups in total. The standard InChI is InChI=1S/C24BF20.C17H15N2/c26-5-1(6(27)14(35)21(42)13(5)34)25(2-7(28)15(36)22(43)16(37)8(2)29,3-9(30)17(38)23(44)18(39)10(3)31)4-11(32)19(40)24(45)20(41)12(4)33;1-3-7-15(8-4-1)13-19-12-11-18-17(14-19)16-9-5-2-6-10-16/h;1-12,14H,13H2/q-1;+1. The number of hydrogen-bond donors (Lipinski definition) is 0. The van der Waals surface area contributed by atoms with Crippen molar-refractivity contribution in [3.63, 3.8) is 0 Å². The Morgan fingerprint density at radius 2 is 0.609 bits per heavy atom. The summed E-state index contributed by atoms with van der Waals surface area (Å²) in [7, 11) is 0. The van der Waals surface area contributed by atoms with E-state index in [9.17, 15) is 52.7 Å². The molecule has 0 atom stereocenters. The van der Waals surface area contributed by atoms with E-state index < -0.39 is 144 Å². The molecule has 7 aromatic rings. The van der Waals surface area contributed by atoms with Crippen LogP contribution >= 0.6 is 0 Å². The Bertz CT molecular complexity index is 2590. The van der Waals surface area contributed by atoms with Crippen LogP contribution < -0.4 is 26.4 Å². The van der Waals surface area contributed by atoms with Gasteiger partial charge < -0.3 is 0 Å². The smallest absolute Gasteiger partial charge is 0.200 e. The summed E-state index contributed by atoms with van der Waals surface area (Å²) in [6.45, 7) is 0.864. The number of nitrogens with zero attached hydrogens (tertiary/aromatic N) is 2. The van der Waals surface area contributed by atoms with Gasteiger partial charge >= 0.3 is 0 Å². The van der Waals surface area contributed by atoms with Gasteiger partial charge in [-0.2, -0.15) is 4.57 Å². The fourth-order valence-corrected chi connectivity index (χ4v) is 6.96. The summed E-state index contributed by atoms with van der Waals surface area (Å²) in [5.74, 6) is -71.4. The molecule has 0 unspecified atom stereocenters. The third kappa shape index (κ3) is 7.44. The van der Waals surface area contributed by atoms with Crippen LogP contribution in [0.5, 0.6) is 0 Å². The lowest BCUT2D eigenvalue weighted by molar-refractivity contribution is -0.688. The van der Waals surface area contributed by atoms with Gasteiger partial charge in [0, 0.05) is 11.1 Å². The number of benzene rings is 6. The van der Waals surface area contributed by atoms with Crippen LogP contribution in [0.2, 0.25) is 0 Å². The first-order valence-corrected chi connectivity index (χ1v) is 17.3. The van der Waals surface area contributed by atoms with E-state index in [0.717, 1.165) is 17.8 Å². The Morgan fingerprint density at radius 1 is 0.344 bits per heavy atom. The molecular weight excluding hydrogens is 911 g/mol. The Kier molecular flexibility index (Phi) is 12.9. The van der Waals surface area contributed by atoms with Gasteiger partial charge in [-0.05, 0) is 0 Å². The molecule has 0 radical (unpaired) electrons. The predicted molar refractivity (Wildman–Crippen MR) is 185 cm³/mol. The normalized spacial score (nSPS) is 11.5. The molecule has 0 aliphatic carbocycles. The van der Waals surface area contributed by atoms with Gasteiger partial charge in [0.15, 0.2) is 88.7 Å². The Hall–Kier alpha value is -6.94. The number of hydrogen-bond acceptors (Lipinski definition) is 1. The lowest BCUT2D eigenvalue weighted by Gasteiger charge is -2.44. The van der Waals surface area contributed by atoms with Crippen molar-refractivity contribution in [2.75, 3.05) is 0 Å². The molecule has 6 aromatic carbocycles. The Balaban J connectivity index is 0.000000295. The van der Waals surface area contributed by atoms with Crippen molar-refractivity contribution in [3.8, 4) is 11.3 Å². The highest BCUT2D eigenvalue weighted by atomic mass is 19.2. The molecule has 64 heavy (non-hydrogen) atoms. The molecule has 0 bridgehead atoms. The molecule has 0 amide bonds. The lowest BCUT2D eigenvalue weighted by Crippen LogP contribution is -2.81. The van der Waals surface area contributed by atoms with Gasteiger partial charge in [0.05, 0.1) is 6.20 Å². The number of rotatable bonds is 7. The average Bonchev–Trinajstić information content (AvgIpc) is 3.29. The summed E-state index contributed by atoms with van der Waals surface area (Å²) in [4.78, 5) is 4.43. The maximum Gasteiger partial charge on any atom is 0.200 e. The van der Waals surface area contributed by atoms with Crippen LogP contribution in [0.15, 0.2) is 79.3 Å². The summed E-state index contributed by atoms with van der Waals surface area (Å²) in [6.07, 6.45) is -1.28. The molecule has 23 heteroatoms. The van der Waals surface area contributed by atoms with Crippen molar-refractivity contribution < 1.29 is 92.4 Å². The minimum atomic E-state index is -7.22. The highest BCUT2D eigenvalue weighted by Crippen LogP contribution is 2.31. The molecule has 332 valence electrons. The van der Waals surface area contributed by atoms with Crippen molar-refractivity contribution in [1.29, 1.82) is 0 Å². The van der Waals surface area contributed by atoms with E-state index >= 15 is 35.1 Å². The van der Waals surface area contributed by atoms with E-state index in [0.29, 0.717) is 0 Å². The van der Waals surface area contributed by atoms with E-state index in [2.05, 4.69) is 52.1 Å². The van der Waals surface area contributed by atoms with Crippen LogP contribution in [0.4, 0.5) is 87.8 Å². The van der Waals surface area contributed by atoms with Crippen molar-refractivity contribution in [1.82, 2.24) is 4.98 Å². The predicted octanol–water partition coefficient (Wildman–Crippen LogP) is 8.93. The summed E-state index contributed by atoms with van der Waals surface area (Å²) in [5, 5.41) is 0. The van der Waals surface area contributed by atoms with Gasteiger partial charge in [-0.1, -0.05) is 60.7 Å². The van der Waals surface area contributed by atoms with Crippen LogP contribution in [0.1, 0.15) is 5.56 Å². The maximum absolute atomic E-state index is 15.4. The summed E-state index contributed by atoms with van der Waals surface area (Å²) in [5.41, 5.74) is -10.9. The van der Waals surface area contributed by atoms with Crippen LogP contribution in [0.3, 0.4) is 0 Å². The summed E-state index contributed by atoms with van der Waals surface area (Å²) >= 11 is 0. The van der Waals surface area contributed by atoms with Gasteiger partial charge in [-0.15, -0.1) is 21.9 Å². The quantitative estimate of drug-likeness (QED) is 0.0514. The molecule has 1 aromatic heterocycles. The first kappa shape index (κ1) is 46.6. The van der Waals surface area contributed by atoms with Crippen molar-refractivity contribution in [3.05, 3.63) is 201 Å². The minimum Gasteiger partial charge on any atom is -0.244 e. The zero-order chi connectivity index (χ0) is 47.3. The molecule has 0 fully saturated rings. The van der Waals surface area contributed by atoms with Crippen LogP contribution in [0, 0.1) is 116 Å². The topological polar surface area (TPSA) is 16.8 Å². The third-order valence-electron chi connectivity index (χ3n) is 9.74. The van der Waals surface area contributed by atoms with Gasteiger partial charge in [-0.3, -0.25) is 0 Å². The minimum absolute atomic E-state index is 0.864. The van der Waals surface area contributed by atoms with Crippen molar-refractivity contribution in [2.45, 2.75) is 6.54 Å². The van der Waals surface area contributed by atoms with Gasteiger partial charge in [0.1, 0.15) is 58.4 Å². The van der Waals surface area contributed by atoms with Crippen molar-refractivity contribution in [2.24, 2.45) is 0 Å². The lowest BCUT2D eigenvalue weighted by atomic mass is 9.12. The van der Waals surface area contributed by atoms with Crippen LogP contribution in [-0.4, -0.2) is 11.1 Å². The average molecular weight is 926 g/mol. The highest BCUT2D eigenvalue weighted by molar-refractivity contribution is 7.20. The second-order valence-corrected chi connectivity index (χ2v) is 13.3. The molecule has 0 aliphatic heterocycles. The largest absolute Gasteiger partial charge is 0.244 e. The van der Waals surface area contributed by atoms with E-state index in [1.165, 1.54) is 5.56 Å². The fraction of sp³-hybridized carbons (Fsp3) is 0.0244. The molecule has 0 aliphatic rings. The van der Waals surface area contributed by atoms with Gasteiger partial charge in [0.2, 0.25) is 0 Å². The second-order valence-electron chi connectivity index (χ2n) is 13.3. The number of aromatic nitrogens is 2. The molecule has 0 saturated carbocycles. The van der Waals surface area contributed by atoms with Gasteiger partial charge in [-0.25, -0.2) is 92.8 Å². The fourth-order valence-electron chi connectivity index (χ4n) is 6.96. The molecule has 2 nitrogen and oxygen atoms in total. The maximum atomic E-state index is 15.4. The Morgan fingerprint density at radius 3 is 0.906 bits per heavy atom. The molecule has 7 rings (SSSR count). The van der Waals surface area contributed by atoms with Crippen molar-refractivity contribution >= 4 is 28.0 Å². The van der Waals surface area contributed by atoms with E-state index in [-0.39, 0.29) is 0 Å². The third-order valence-corrected chi connectivity index (χ3v) is 9.74. The van der Waals surface area contributed by atoms with E-state index in [1.54, 1.807) is 0 Å². The Labute approximate surface area is 344 Å². The molecule has 0 spiro atoms. The molecule has 0 saturated heterocycles. The number of halogens is 20. The molecule has 1 heterocycles. The summed E-state index contributed by atoms with van der Waals surface area (Å²) < 4.78 is 296. The second kappa shape index (κ2) is 17.7. The van der Waals surface area contributed by atoms with Crippen LogP contribution in [-0.2, 0) is 6.54 Å². The van der Waals surface area contributed by atoms with E-state index in [1.807, 2.05) is 36.7 Å². The summed E-state index contributed by atoms with van der Waals surface area (Å²) in [6, 6.07) is 20.7. The SMILES string of the molecule is Fc1c(F)c(F)c([B-](c2c(F)c(F)c(F)c(F)c2F)(c2c(F)c(F)c(F)c(F)c2F)c2c(F)c(F)c(F)c(F)c2F)c(F)c1F.c1ccc(C[n+]2ccnc(-c3ccccc3)c2)cc1. The first-order valence-electron chi connectivity index (χ1n) is 17.3. The monoisotopic (exact) mass is 926 g/mol. The van der Waals surface area contributed by atoms with Crippen LogP contribution in [0.25, 0.3) is 11.3 Å². The van der Waals surface area contributed by atoms with E-state index in [4.69, 9.17) is 0 Å². The molecular formula is C41H15BF20N2. The zero-order valence-corrected chi connectivity index (χ0v) is 30.7.